The SMILES string of the molecule is CC(=O)N1CCN(c2ccc(C(=O)NNC(=O)c3ccccc3F)cc2[N+](=O)[O-])CC1. The van der Waals surface area contributed by atoms with Crippen LogP contribution in [0.1, 0.15) is 27.6 Å². The third-order valence-corrected chi connectivity index (χ3v) is 4.91. The summed E-state index contributed by atoms with van der Waals surface area (Å²) in [6.07, 6.45) is 0. The highest BCUT2D eigenvalue weighted by Crippen LogP contribution is 2.30. The van der Waals surface area contributed by atoms with Gasteiger partial charge in [0.15, 0.2) is 0 Å². The molecular formula is C20H20FN5O5. The maximum absolute atomic E-state index is 13.6. The molecule has 2 N–H and O–H groups in total. The van der Waals surface area contributed by atoms with Gasteiger partial charge in [-0.05, 0) is 24.3 Å². The highest BCUT2D eigenvalue weighted by Gasteiger charge is 2.26. The largest absolute Gasteiger partial charge is 0.362 e. The summed E-state index contributed by atoms with van der Waals surface area (Å²) in [4.78, 5) is 50.2. The number of amides is 3. The molecule has 162 valence electrons. The van der Waals surface area contributed by atoms with Gasteiger partial charge in [-0.2, -0.15) is 0 Å². The second-order valence-electron chi connectivity index (χ2n) is 6.84. The van der Waals surface area contributed by atoms with Crippen molar-refractivity contribution in [3.63, 3.8) is 0 Å². The number of hydrogen-bond acceptors (Lipinski definition) is 6. The molecular weight excluding hydrogens is 409 g/mol. The summed E-state index contributed by atoms with van der Waals surface area (Å²) >= 11 is 0. The summed E-state index contributed by atoms with van der Waals surface area (Å²) in [5.41, 5.74) is 3.96. The van der Waals surface area contributed by atoms with E-state index in [1.807, 2.05) is 0 Å². The summed E-state index contributed by atoms with van der Waals surface area (Å²) < 4.78 is 13.6. The summed E-state index contributed by atoms with van der Waals surface area (Å²) in [7, 11) is 0. The molecule has 3 rings (SSSR count). The van der Waals surface area contributed by atoms with E-state index >= 15 is 0 Å². The van der Waals surface area contributed by atoms with Crippen LogP contribution in [0.3, 0.4) is 0 Å². The highest BCUT2D eigenvalue weighted by molar-refractivity contribution is 5.99. The number of nitrogens with one attached hydrogen (secondary N) is 2. The maximum Gasteiger partial charge on any atom is 0.293 e. The Morgan fingerprint density at radius 1 is 1.00 bits per heavy atom. The molecule has 0 saturated carbocycles. The molecule has 0 aromatic heterocycles. The van der Waals surface area contributed by atoms with Crippen LogP contribution in [0.4, 0.5) is 15.8 Å². The normalized spacial score (nSPS) is 13.5. The van der Waals surface area contributed by atoms with Crippen LogP contribution in [0.15, 0.2) is 42.5 Å². The number of anilines is 1. The van der Waals surface area contributed by atoms with Gasteiger partial charge in [0.05, 0.1) is 10.5 Å². The third kappa shape index (κ3) is 4.94. The smallest absolute Gasteiger partial charge is 0.293 e. The Hall–Kier alpha value is -4.02. The summed E-state index contributed by atoms with van der Waals surface area (Å²) in [6, 6.07) is 9.21. The molecule has 1 aliphatic heterocycles. The van der Waals surface area contributed by atoms with Crippen LogP contribution in [0.5, 0.6) is 0 Å². The molecule has 1 fully saturated rings. The molecule has 0 radical (unpaired) electrons. The molecule has 0 aliphatic carbocycles. The van der Waals surface area contributed by atoms with Crippen LogP contribution in [-0.2, 0) is 4.79 Å². The van der Waals surface area contributed by atoms with Gasteiger partial charge in [-0.15, -0.1) is 0 Å². The van der Waals surface area contributed by atoms with Crippen molar-refractivity contribution < 1.29 is 23.7 Å². The average Bonchev–Trinajstić information content (AvgIpc) is 2.77. The molecule has 3 amide bonds. The first kappa shape index (κ1) is 21.7. The van der Waals surface area contributed by atoms with Crippen LogP contribution in [0, 0.1) is 15.9 Å². The quantitative estimate of drug-likeness (QED) is 0.560. The highest BCUT2D eigenvalue weighted by atomic mass is 19.1. The van der Waals surface area contributed by atoms with Crippen molar-refractivity contribution in [2.75, 3.05) is 31.1 Å². The van der Waals surface area contributed by atoms with Crippen molar-refractivity contribution in [3.8, 4) is 0 Å². The van der Waals surface area contributed by atoms with Gasteiger partial charge in [0, 0.05) is 44.7 Å². The fraction of sp³-hybridized carbons (Fsp3) is 0.250. The van der Waals surface area contributed by atoms with Gasteiger partial charge in [-0.1, -0.05) is 12.1 Å². The van der Waals surface area contributed by atoms with Crippen LogP contribution < -0.4 is 15.8 Å². The number of nitro benzene ring substituents is 1. The fourth-order valence-electron chi connectivity index (χ4n) is 3.24. The lowest BCUT2D eigenvalue weighted by Gasteiger charge is -2.35. The van der Waals surface area contributed by atoms with E-state index in [9.17, 15) is 28.9 Å². The van der Waals surface area contributed by atoms with Gasteiger partial charge in [0.2, 0.25) is 5.91 Å². The van der Waals surface area contributed by atoms with Crippen LogP contribution in [0.25, 0.3) is 0 Å². The van der Waals surface area contributed by atoms with E-state index in [2.05, 4.69) is 10.9 Å². The van der Waals surface area contributed by atoms with E-state index in [4.69, 9.17) is 0 Å². The van der Waals surface area contributed by atoms with Crippen molar-refractivity contribution >= 4 is 29.1 Å². The number of halogens is 1. The predicted molar refractivity (Wildman–Crippen MR) is 109 cm³/mol. The first-order chi connectivity index (χ1) is 14.8. The zero-order valence-electron chi connectivity index (χ0n) is 16.6. The Balaban J connectivity index is 1.71. The summed E-state index contributed by atoms with van der Waals surface area (Å²) in [6.45, 7) is 3.19. The molecule has 1 heterocycles. The van der Waals surface area contributed by atoms with E-state index in [-0.39, 0.29) is 22.7 Å². The second kappa shape index (κ2) is 9.20. The number of nitrogens with zero attached hydrogens (tertiary/aromatic N) is 3. The van der Waals surface area contributed by atoms with E-state index in [1.54, 1.807) is 9.80 Å². The zero-order chi connectivity index (χ0) is 22.5. The Labute approximate surface area is 176 Å². The Bertz CT molecular complexity index is 1040. The van der Waals surface area contributed by atoms with Gasteiger partial charge in [-0.25, -0.2) is 4.39 Å². The molecule has 31 heavy (non-hydrogen) atoms. The lowest BCUT2D eigenvalue weighted by molar-refractivity contribution is -0.384. The minimum Gasteiger partial charge on any atom is -0.362 e. The minimum atomic E-state index is -0.860. The first-order valence-electron chi connectivity index (χ1n) is 9.42. The van der Waals surface area contributed by atoms with Crippen LogP contribution in [0.2, 0.25) is 0 Å². The fourth-order valence-corrected chi connectivity index (χ4v) is 3.24. The number of benzene rings is 2. The van der Waals surface area contributed by atoms with Crippen molar-refractivity contribution in [1.29, 1.82) is 0 Å². The number of hydrogen-bond donors (Lipinski definition) is 2. The standard InChI is InChI=1S/C20H20FN5O5/c1-13(27)24-8-10-25(11-9-24)17-7-6-14(12-18(17)26(30)31)19(28)22-23-20(29)15-4-2-3-5-16(15)21/h2-7,12H,8-11H2,1H3,(H,22,28)(H,23,29). The topological polar surface area (TPSA) is 125 Å². The maximum atomic E-state index is 13.6. The van der Waals surface area contributed by atoms with Gasteiger partial charge >= 0.3 is 0 Å². The first-order valence-corrected chi connectivity index (χ1v) is 9.42. The number of carbonyl (C=O) groups excluding carboxylic acids is 3. The van der Waals surface area contributed by atoms with Crippen molar-refractivity contribution in [2.45, 2.75) is 6.92 Å². The molecule has 0 atom stereocenters. The number of hydrazine groups is 1. The van der Waals surface area contributed by atoms with Crippen molar-refractivity contribution in [2.24, 2.45) is 0 Å². The molecule has 10 nitrogen and oxygen atoms in total. The Morgan fingerprint density at radius 2 is 1.65 bits per heavy atom. The number of carbonyl (C=O) groups is 3. The lowest BCUT2D eigenvalue weighted by atomic mass is 10.1. The molecule has 2 aromatic carbocycles. The van der Waals surface area contributed by atoms with Crippen molar-refractivity contribution in [1.82, 2.24) is 15.8 Å². The van der Waals surface area contributed by atoms with E-state index < -0.39 is 22.6 Å². The van der Waals surface area contributed by atoms with Gasteiger partial charge in [0.25, 0.3) is 17.5 Å². The predicted octanol–water partition coefficient (Wildman–Crippen LogP) is 1.48. The molecule has 0 bridgehead atoms. The molecule has 2 aromatic rings. The average molecular weight is 429 g/mol. The van der Waals surface area contributed by atoms with Crippen LogP contribution >= 0.6 is 0 Å². The van der Waals surface area contributed by atoms with Crippen molar-refractivity contribution in [3.05, 3.63) is 69.5 Å². The third-order valence-electron chi connectivity index (χ3n) is 4.91. The Morgan fingerprint density at radius 3 is 2.26 bits per heavy atom. The van der Waals surface area contributed by atoms with Gasteiger partial charge in [-0.3, -0.25) is 35.3 Å². The molecule has 0 spiro atoms. The number of rotatable bonds is 4. The van der Waals surface area contributed by atoms with E-state index in [0.717, 1.165) is 12.1 Å². The Kier molecular flexibility index (Phi) is 6.43. The second-order valence-corrected chi connectivity index (χ2v) is 6.84. The van der Waals surface area contributed by atoms with E-state index in [1.165, 1.54) is 37.3 Å². The van der Waals surface area contributed by atoms with Gasteiger partial charge in [0.1, 0.15) is 11.5 Å². The lowest BCUT2D eigenvalue weighted by Crippen LogP contribution is -2.48. The molecule has 11 heteroatoms. The minimum absolute atomic E-state index is 0.0494. The van der Waals surface area contributed by atoms with Gasteiger partial charge < -0.3 is 9.80 Å². The van der Waals surface area contributed by atoms with Crippen LogP contribution in [-0.4, -0.2) is 53.7 Å². The summed E-state index contributed by atoms with van der Waals surface area (Å²) in [5.74, 6) is -2.46. The molecule has 1 aliphatic rings. The number of piperazine rings is 1. The zero-order valence-corrected chi connectivity index (χ0v) is 16.6. The number of nitro groups is 1. The molecule has 0 unspecified atom stereocenters. The monoisotopic (exact) mass is 429 g/mol. The summed E-state index contributed by atoms with van der Waals surface area (Å²) in [5, 5.41) is 11.6. The van der Waals surface area contributed by atoms with E-state index in [0.29, 0.717) is 31.9 Å². The molecule has 1 saturated heterocycles.